The van der Waals surface area contributed by atoms with Gasteiger partial charge in [-0.15, -0.1) is 0 Å². The minimum atomic E-state index is -0.148. The molecule has 0 bridgehead atoms. The quantitative estimate of drug-likeness (QED) is 0.821. The maximum Gasteiger partial charge on any atom is 0.0610 e. The van der Waals surface area contributed by atoms with E-state index < -0.39 is 0 Å². The fraction of sp³-hybridized carbons (Fsp3) is 0.625. The third kappa shape index (κ3) is 3.78. The smallest absolute Gasteiger partial charge is 0.0610 e. The van der Waals surface area contributed by atoms with Gasteiger partial charge in [-0.2, -0.15) is 0 Å². The van der Waals surface area contributed by atoms with Crippen molar-refractivity contribution in [3.05, 3.63) is 35.9 Å². The van der Waals surface area contributed by atoms with Crippen molar-refractivity contribution in [2.24, 2.45) is 0 Å². The maximum absolute atomic E-state index is 9.41. The Bertz CT molecular complexity index is 376. The maximum atomic E-state index is 9.41. The predicted molar refractivity (Wildman–Crippen MR) is 79.4 cm³/mol. The highest BCUT2D eigenvalue weighted by Gasteiger charge is 2.26. The fourth-order valence-corrected chi connectivity index (χ4v) is 2.72. The van der Waals surface area contributed by atoms with Crippen molar-refractivity contribution in [1.29, 1.82) is 0 Å². The monoisotopic (exact) mass is 262 g/mol. The topological polar surface area (TPSA) is 35.5 Å². The van der Waals surface area contributed by atoms with E-state index in [1.54, 1.807) is 0 Å². The first-order valence-electron chi connectivity index (χ1n) is 7.24. The largest absolute Gasteiger partial charge is 0.394 e. The molecule has 2 unspecified atom stereocenters. The number of hydrogen-bond donors (Lipinski definition) is 2. The molecular formula is C16H26N2O. The van der Waals surface area contributed by atoms with Crippen LogP contribution in [-0.2, 0) is 0 Å². The van der Waals surface area contributed by atoms with Gasteiger partial charge in [0, 0.05) is 12.1 Å². The zero-order chi connectivity index (χ0) is 13.7. The SMILES string of the molecule is CNC(C)(CO)CCN1CCC(c2ccccc2)C1. The highest BCUT2D eigenvalue weighted by Crippen LogP contribution is 2.27. The molecule has 3 heteroatoms. The van der Waals surface area contributed by atoms with E-state index in [0.29, 0.717) is 5.92 Å². The minimum Gasteiger partial charge on any atom is -0.394 e. The average molecular weight is 262 g/mol. The summed E-state index contributed by atoms with van der Waals surface area (Å²) >= 11 is 0. The predicted octanol–water partition coefficient (Wildman–Crippen LogP) is 1.84. The first kappa shape index (κ1) is 14.5. The molecule has 2 atom stereocenters. The molecule has 3 nitrogen and oxygen atoms in total. The molecule has 1 aromatic rings. The Hall–Kier alpha value is -0.900. The van der Waals surface area contributed by atoms with Crippen LogP contribution >= 0.6 is 0 Å². The van der Waals surface area contributed by atoms with Crippen molar-refractivity contribution in [2.75, 3.05) is 33.3 Å². The second-order valence-electron chi connectivity index (χ2n) is 5.92. The number of nitrogens with one attached hydrogen (secondary N) is 1. The van der Waals surface area contributed by atoms with Crippen LogP contribution < -0.4 is 5.32 Å². The average Bonchev–Trinajstić information content (AvgIpc) is 2.95. The van der Waals surface area contributed by atoms with Crippen LogP contribution in [0, 0.1) is 0 Å². The molecular weight excluding hydrogens is 236 g/mol. The van der Waals surface area contributed by atoms with Gasteiger partial charge in [-0.3, -0.25) is 0 Å². The molecule has 1 aromatic carbocycles. The van der Waals surface area contributed by atoms with Crippen molar-refractivity contribution in [3.8, 4) is 0 Å². The van der Waals surface area contributed by atoms with Crippen LogP contribution in [0.4, 0.5) is 0 Å². The molecule has 1 aliphatic heterocycles. The fourth-order valence-electron chi connectivity index (χ4n) is 2.72. The van der Waals surface area contributed by atoms with Crippen LogP contribution in [0.5, 0.6) is 0 Å². The van der Waals surface area contributed by atoms with E-state index in [-0.39, 0.29) is 12.1 Å². The Labute approximate surface area is 116 Å². The van der Waals surface area contributed by atoms with Crippen LogP contribution in [0.25, 0.3) is 0 Å². The summed E-state index contributed by atoms with van der Waals surface area (Å²) in [5.41, 5.74) is 1.31. The van der Waals surface area contributed by atoms with Gasteiger partial charge in [0.25, 0.3) is 0 Å². The number of aliphatic hydroxyl groups excluding tert-OH is 1. The second kappa shape index (κ2) is 6.51. The second-order valence-corrected chi connectivity index (χ2v) is 5.92. The highest BCUT2D eigenvalue weighted by molar-refractivity contribution is 5.20. The van der Waals surface area contributed by atoms with Crippen LogP contribution in [-0.4, -0.2) is 48.8 Å². The molecule has 0 aliphatic carbocycles. The van der Waals surface area contributed by atoms with Gasteiger partial charge in [0.2, 0.25) is 0 Å². The molecule has 1 fully saturated rings. The summed E-state index contributed by atoms with van der Waals surface area (Å²) in [5, 5.41) is 12.6. The van der Waals surface area contributed by atoms with Gasteiger partial charge in [0.05, 0.1) is 6.61 Å². The molecule has 1 saturated heterocycles. The van der Waals surface area contributed by atoms with E-state index in [9.17, 15) is 5.11 Å². The molecule has 0 radical (unpaired) electrons. The summed E-state index contributed by atoms with van der Waals surface area (Å²) < 4.78 is 0. The minimum absolute atomic E-state index is 0.148. The summed E-state index contributed by atoms with van der Waals surface area (Å²) in [6, 6.07) is 10.8. The number of likely N-dealkylation sites (N-methyl/N-ethyl adjacent to an activating group) is 1. The van der Waals surface area contributed by atoms with Gasteiger partial charge < -0.3 is 15.3 Å². The van der Waals surface area contributed by atoms with Gasteiger partial charge >= 0.3 is 0 Å². The van der Waals surface area contributed by atoms with Gasteiger partial charge in [-0.1, -0.05) is 30.3 Å². The molecule has 19 heavy (non-hydrogen) atoms. The molecule has 0 saturated carbocycles. The number of likely N-dealkylation sites (tertiary alicyclic amines) is 1. The van der Waals surface area contributed by atoms with Crippen LogP contribution in [0.2, 0.25) is 0 Å². The molecule has 2 N–H and O–H groups in total. The first-order chi connectivity index (χ1) is 9.17. The van der Waals surface area contributed by atoms with E-state index in [2.05, 4.69) is 47.5 Å². The van der Waals surface area contributed by atoms with Crippen molar-refractivity contribution in [1.82, 2.24) is 10.2 Å². The number of benzene rings is 1. The Morgan fingerprint density at radius 3 is 2.74 bits per heavy atom. The van der Waals surface area contributed by atoms with E-state index in [0.717, 1.165) is 19.5 Å². The van der Waals surface area contributed by atoms with Crippen LogP contribution in [0.15, 0.2) is 30.3 Å². The zero-order valence-corrected chi connectivity index (χ0v) is 12.1. The molecule has 0 amide bonds. The molecule has 0 aromatic heterocycles. The van der Waals surface area contributed by atoms with E-state index >= 15 is 0 Å². The van der Waals surface area contributed by atoms with Crippen molar-refractivity contribution >= 4 is 0 Å². The summed E-state index contributed by atoms with van der Waals surface area (Å²) in [7, 11) is 1.92. The Morgan fingerprint density at radius 2 is 2.11 bits per heavy atom. The summed E-state index contributed by atoms with van der Waals surface area (Å²) in [4.78, 5) is 2.52. The lowest BCUT2D eigenvalue weighted by Crippen LogP contribution is -2.45. The van der Waals surface area contributed by atoms with Crippen LogP contribution in [0.3, 0.4) is 0 Å². The number of aliphatic hydroxyl groups is 1. The lowest BCUT2D eigenvalue weighted by Gasteiger charge is -2.29. The normalized spacial score (nSPS) is 23.4. The van der Waals surface area contributed by atoms with E-state index in [1.165, 1.54) is 18.5 Å². The molecule has 106 valence electrons. The molecule has 1 heterocycles. The van der Waals surface area contributed by atoms with Crippen LogP contribution in [0.1, 0.15) is 31.2 Å². The molecule has 0 spiro atoms. The Kier molecular flexibility index (Phi) is 4.97. The van der Waals surface area contributed by atoms with Gasteiger partial charge in [-0.05, 0) is 51.4 Å². The van der Waals surface area contributed by atoms with Crippen molar-refractivity contribution in [3.63, 3.8) is 0 Å². The number of rotatable bonds is 6. The van der Waals surface area contributed by atoms with Gasteiger partial charge in [0.1, 0.15) is 0 Å². The Balaban J connectivity index is 1.83. The van der Waals surface area contributed by atoms with E-state index in [4.69, 9.17) is 0 Å². The summed E-state index contributed by atoms with van der Waals surface area (Å²) in [6.45, 7) is 5.65. The molecule has 2 rings (SSSR count). The van der Waals surface area contributed by atoms with Crippen molar-refractivity contribution in [2.45, 2.75) is 31.2 Å². The standard InChI is InChI=1S/C16H26N2O/c1-16(13-19,17-2)9-11-18-10-8-15(12-18)14-6-4-3-5-7-14/h3-7,15,17,19H,8-13H2,1-2H3. The van der Waals surface area contributed by atoms with Gasteiger partial charge in [-0.25, -0.2) is 0 Å². The lowest BCUT2D eigenvalue weighted by atomic mass is 9.98. The lowest BCUT2D eigenvalue weighted by molar-refractivity contribution is 0.158. The van der Waals surface area contributed by atoms with E-state index in [1.807, 2.05) is 7.05 Å². The highest BCUT2D eigenvalue weighted by atomic mass is 16.3. The summed E-state index contributed by atoms with van der Waals surface area (Å²) in [5.74, 6) is 0.677. The van der Waals surface area contributed by atoms with Gasteiger partial charge in [0.15, 0.2) is 0 Å². The van der Waals surface area contributed by atoms with Crippen molar-refractivity contribution < 1.29 is 5.11 Å². The number of hydrogen-bond acceptors (Lipinski definition) is 3. The molecule has 1 aliphatic rings. The third-order valence-corrected chi connectivity index (χ3v) is 4.48. The summed E-state index contributed by atoms with van der Waals surface area (Å²) in [6.07, 6.45) is 2.24. The number of nitrogens with zero attached hydrogens (tertiary/aromatic N) is 1. The third-order valence-electron chi connectivity index (χ3n) is 4.48. The Morgan fingerprint density at radius 1 is 1.37 bits per heavy atom. The first-order valence-corrected chi connectivity index (χ1v) is 7.24. The zero-order valence-electron chi connectivity index (χ0n) is 12.1.